The van der Waals surface area contributed by atoms with Gasteiger partial charge in [0.15, 0.2) is 0 Å². The SMILES string of the molecule is NC(=O)c1ccc(Cl)cc1OCc1cc(Br)ccc1F. The van der Waals surface area contributed by atoms with Crippen molar-refractivity contribution in [2.45, 2.75) is 6.61 Å². The Hall–Kier alpha value is -1.59. The molecule has 0 aliphatic rings. The van der Waals surface area contributed by atoms with Crippen LogP contribution in [0.3, 0.4) is 0 Å². The summed E-state index contributed by atoms with van der Waals surface area (Å²) >= 11 is 9.10. The minimum Gasteiger partial charge on any atom is -0.488 e. The molecule has 0 saturated carbocycles. The highest BCUT2D eigenvalue weighted by Gasteiger charge is 2.11. The molecule has 0 saturated heterocycles. The van der Waals surface area contributed by atoms with E-state index in [4.69, 9.17) is 22.1 Å². The number of carbonyl (C=O) groups excluding carboxylic acids is 1. The molecule has 0 heterocycles. The van der Waals surface area contributed by atoms with E-state index in [1.165, 1.54) is 24.3 Å². The van der Waals surface area contributed by atoms with Crippen LogP contribution in [0.5, 0.6) is 5.75 Å². The van der Waals surface area contributed by atoms with Crippen LogP contribution >= 0.6 is 27.5 Å². The largest absolute Gasteiger partial charge is 0.488 e. The predicted octanol–water partition coefficient (Wildman–Crippen LogP) is 3.92. The maximum atomic E-state index is 13.6. The first-order chi connectivity index (χ1) is 9.47. The second-order valence-electron chi connectivity index (χ2n) is 4.03. The molecule has 2 rings (SSSR count). The molecule has 20 heavy (non-hydrogen) atoms. The van der Waals surface area contributed by atoms with Gasteiger partial charge in [-0.3, -0.25) is 4.79 Å². The summed E-state index contributed by atoms with van der Waals surface area (Å²) in [6, 6.07) is 9.00. The van der Waals surface area contributed by atoms with Crippen molar-refractivity contribution in [3.05, 3.63) is 62.8 Å². The molecular formula is C14H10BrClFNO2. The monoisotopic (exact) mass is 357 g/mol. The van der Waals surface area contributed by atoms with Crippen molar-refractivity contribution in [2.75, 3.05) is 0 Å². The topological polar surface area (TPSA) is 52.3 Å². The van der Waals surface area contributed by atoms with Crippen LogP contribution in [-0.4, -0.2) is 5.91 Å². The normalized spacial score (nSPS) is 10.3. The number of ether oxygens (including phenoxy) is 1. The van der Waals surface area contributed by atoms with Crippen molar-refractivity contribution >= 4 is 33.4 Å². The van der Waals surface area contributed by atoms with Gasteiger partial charge in [0.25, 0.3) is 5.91 Å². The number of nitrogens with two attached hydrogens (primary N) is 1. The number of rotatable bonds is 4. The van der Waals surface area contributed by atoms with E-state index in [2.05, 4.69) is 15.9 Å². The van der Waals surface area contributed by atoms with E-state index in [9.17, 15) is 9.18 Å². The minimum absolute atomic E-state index is 0.0358. The second kappa shape index (κ2) is 6.24. The van der Waals surface area contributed by atoms with E-state index in [0.29, 0.717) is 10.6 Å². The summed E-state index contributed by atoms with van der Waals surface area (Å²) in [6.45, 7) is -0.0358. The van der Waals surface area contributed by atoms with Gasteiger partial charge in [-0.2, -0.15) is 0 Å². The summed E-state index contributed by atoms with van der Waals surface area (Å²) in [7, 11) is 0. The van der Waals surface area contributed by atoms with Crippen molar-refractivity contribution in [2.24, 2.45) is 5.73 Å². The Labute approximate surface area is 128 Å². The number of amides is 1. The van der Waals surface area contributed by atoms with Gasteiger partial charge in [-0.15, -0.1) is 0 Å². The number of carbonyl (C=O) groups is 1. The lowest BCUT2D eigenvalue weighted by Crippen LogP contribution is -2.13. The molecule has 0 aromatic heterocycles. The zero-order valence-corrected chi connectivity index (χ0v) is 12.5. The third-order valence-corrected chi connectivity index (χ3v) is 3.33. The zero-order valence-electron chi connectivity index (χ0n) is 10.2. The van der Waals surface area contributed by atoms with Crippen LogP contribution in [0.4, 0.5) is 4.39 Å². The number of benzene rings is 2. The van der Waals surface area contributed by atoms with Gasteiger partial charge in [-0.05, 0) is 36.4 Å². The molecule has 0 aliphatic carbocycles. The highest BCUT2D eigenvalue weighted by atomic mass is 79.9. The molecule has 104 valence electrons. The fraction of sp³-hybridized carbons (Fsp3) is 0.0714. The van der Waals surface area contributed by atoms with Crippen molar-refractivity contribution in [3.63, 3.8) is 0 Å². The van der Waals surface area contributed by atoms with Crippen LogP contribution in [-0.2, 0) is 6.61 Å². The first-order valence-electron chi connectivity index (χ1n) is 5.63. The molecule has 2 N–H and O–H groups in total. The van der Waals surface area contributed by atoms with E-state index in [0.717, 1.165) is 4.47 Å². The molecule has 0 fully saturated rings. The Balaban J connectivity index is 2.24. The van der Waals surface area contributed by atoms with Crippen molar-refractivity contribution in [3.8, 4) is 5.75 Å². The Morgan fingerprint density at radius 2 is 2.05 bits per heavy atom. The zero-order chi connectivity index (χ0) is 14.7. The fourth-order valence-electron chi connectivity index (χ4n) is 1.63. The highest BCUT2D eigenvalue weighted by Crippen LogP contribution is 2.25. The first-order valence-corrected chi connectivity index (χ1v) is 6.80. The van der Waals surface area contributed by atoms with Gasteiger partial charge in [0.2, 0.25) is 0 Å². The summed E-state index contributed by atoms with van der Waals surface area (Å²) in [5, 5.41) is 0.403. The lowest BCUT2D eigenvalue weighted by molar-refractivity contribution is 0.0996. The molecule has 6 heteroatoms. The van der Waals surface area contributed by atoms with Crippen LogP contribution in [0.25, 0.3) is 0 Å². The van der Waals surface area contributed by atoms with Crippen LogP contribution in [0.2, 0.25) is 5.02 Å². The average Bonchev–Trinajstić information content (AvgIpc) is 2.39. The van der Waals surface area contributed by atoms with Gasteiger partial charge in [0, 0.05) is 15.1 Å². The van der Waals surface area contributed by atoms with Crippen LogP contribution in [0, 0.1) is 5.82 Å². The van der Waals surface area contributed by atoms with Gasteiger partial charge in [0.1, 0.15) is 18.2 Å². The number of hydrogen-bond acceptors (Lipinski definition) is 2. The van der Waals surface area contributed by atoms with Crippen LogP contribution < -0.4 is 10.5 Å². The number of hydrogen-bond donors (Lipinski definition) is 1. The maximum absolute atomic E-state index is 13.6. The fourth-order valence-corrected chi connectivity index (χ4v) is 2.20. The molecule has 0 radical (unpaired) electrons. The van der Waals surface area contributed by atoms with E-state index >= 15 is 0 Å². The second-order valence-corrected chi connectivity index (χ2v) is 5.38. The Morgan fingerprint density at radius 3 is 2.75 bits per heavy atom. The molecule has 0 unspecified atom stereocenters. The smallest absolute Gasteiger partial charge is 0.252 e. The summed E-state index contributed by atoms with van der Waals surface area (Å²) in [4.78, 5) is 11.3. The lowest BCUT2D eigenvalue weighted by atomic mass is 10.2. The molecule has 0 atom stereocenters. The predicted molar refractivity (Wildman–Crippen MR) is 78.4 cm³/mol. The molecule has 0 bridgehead atoms. The molecule has 0 spiro atoms. The summed E-state index contributed by atoms with van der Waals surface area (Å²) in [5.74, 6) is -0.799. The van der Waals surface area contributed by atoms with Gasteiger partial charge in [0.05, 0.1) is 5.56 Å². The van der Waals surface area contributed by atoms with Gasteiger partial charge < -0.3 is 10.5 Å². The van der Waals surface area contributed by atoms with Gasteiger partial charge >= 0.3 is 0 Å². The molecule has 0 aliphatic heterocycles. The van der Waals surface area contributed by atoms with E-state index in [-0.39, 0.29) is 17.9 Å². The Morgan fingerprint density at radius 1 is 1.30 bits per heavy atom. The van der Waals surface area contributed by atoms with Crippen LogP contribution in [0.15, 0.2) is 40.9 Å². The van der Waals surface area contributed by atoms with E-state index < -0.39 is 11.7 Å². The number of primary amides is 1. The Kier molecular flexibility index (Phi) is 4.62. The van der Waals surface area contributed by atoms with Crippen molar-refractivity contribution < 1.29 is 13.9 Å². The summed E-state index contributed by atoms with van der Waals surface area (Å²) in [5.41, 5.74) is 5.80. The third kappa shape index (κ3) is 3.49. The van der Waals surface area contributed by atoms with E-state index in [1.54, 1.807) is 12.1 Å². The highest BCUT2D eigenvalue weighted by molar-refractivity contribution is 9.10. The van der Waals surface area contributed by atoms with Crippen LogP contribution in [0.1, 0.15) is 15.9 Å². The quantitative estimate of drug-likeness (QED) is 0.900. The molecule has 2 aromatic carbocycles. The molecule has 2 aromatic rings. The third-order valence-electron chi connectivity index (χ3n) is 2.60. The molecular weight excluding hydrogens is 349 g/mol. The summed E-state index contributed by atoms with van der Waals surface area (Å²) in [6.07, 6.45) is 0. The molecule has 3 nitrogen and oxygen atoms in total. The Bertz CT molecular complexity index is 664. The standard InChI is InChI=1S/C14H10BrClFNO2/c15-9-1-4-12(17)8(5-9)7-20-13-6-10(16)2-3-11(13)14(18)19/h1-6H,7H2,(H2,18,19). The summed E-state index contributed by atoms with van der Waals surface area (Å²) < 4.78 is 19.8. The first kappa shape index (κ1) is 14.8. The lowest BCUT2D eigenvalue weighted by Gasteiger charge is -2.11. The molecule has 1 amide bonds. The van der Waals surface area contributed by atoms with Gasteiger partial charge in [-0.1, -0.05) is 27.5 Å². The van der Waals surface area contributed by atoms with E-state index in [1.807, 2.05) is 0 Å². The van der Waals surface area contributed by atoms with Gasteiger partial charge in [-0.25, -0.2) is 4.39 Å². The number of halogens is 3. The minimum atomic E-state index is -0.633. The van der Waals surface area contributed by atoms with Crippen molar-refractivity contribution in [1.82, 2.24) is 0 Å². The maximum Gasteiger partial charge on any atom is 0.252 e. The van der Waals surface area contributed by atoms with Crippen molar-refractivity contribution in [1.29, 1.82) is 0 Å². The average molecular weight is 359 g/mol.